The van der Waals surface area contributed by atoms with Gasteiger partial charge in [0.05, 0.1) is 18.2 Å². The molecular formula is C16H19N5O3S. The van der Waals surface area contributed by atoms with E-state index in [2.05, 4.69) is 20.8 Å². The molecule has 1 aliphatic rings. The molecule has 2 amide bonds. The summed E-state index contributed by atoms with van der Waals surface area (Å²) in [7, 11) is 0. The van der Waals surface area contributed by atoms with E-state index in [-0.39, 0.29) is 18.7 Å². The fourth-order valence-corrected chi connectivity index (χ4v) is 3.52. The van der Waals surface area contributed by atoms with Crippen molar-refractivity contribution in [2.45, 2.75) is 31.5 Å². The third-order valence-electron chi connectivity index (χ3n) is 3.77. The van der Waals surface area contributed by atoms with Crippen LogP contribution in [0, 0.1) is 0 Å². The Hall–Kier alpha value is -2.55. The van der Waals surface area contributed by atoms with E-state index in [1.807, 2.05) is 35.7 Å². The van der Waals surface area contributed by atoms with Crippen LogP contribution in [0.15, 0.2) is 40.8 Å². The first-order valence-corrected chi connectivity index (χ1v) is 9.02. The lowest BCUT2D eigenvalue weighted by Crippen LogP contribution is -2.50. The van der Waals surface area contributed by atoms with Crippen molar-refractivity contribution in [2.75, 3.05) is 12.4 Å². The number of hydrogen-bond donors (Lipinski definition) is 2. The Bertz CT molecular complexity index is 832. The van der Waals surface area contributed by atoms with Crippen molar-refractivity contribution in [1.29, 1.82) is 0 Å². The molecule has 9 heteroatoms. The van der Waals surface area contributed by atoms with Crippen molar-refractivity contribution in [3.63, 3.8) is 0 Å². The fourth-order valence-electron chi connectivity index (χ4n) is 2.63. The molecule has 2 N–H and O–H groups in total. The smallest absolute Gasteiger partial charge is 0.337 e. The lowest BCUT2D eigenvalue weighted by molar-refractivity contribution is -0.139. The standard InChI is InChI=1S/C16H19N5O3S/c1-3-10-13(14(22)24-4-2)11(18-15(23)17-10)9-25-16-20-19-12-7-5-6-8-21(12)16/h5-8,10H,3-4,9H2,1-2H3,(H2,17,18,23)/t10-/m1/s1. The second-order valence-corrected chi connectivity index (χ2v) is 6.31. The summed E-state index contributed by atoms with van der Waals surface area (Å²) in [6, 6.07) is 4.96. The van der Waals surface area contributed by atoms with E-state index in [1.165, 1.54) is 11.8 Å². The van der Waals surface area contributed by atoms with E-state index in [0.717, 1.165) is 5.65 Å². The predicted octanol–water partition coefficient (Wildman–Crippen LogP) is 1.73. The van der Waals surface area contributed by atoms with Gasteiger partial charge in [-0.3, -0.25) is 4.40 Å². The Balaban J connectivity index is 1.87. The van der Waals surface area contributed by atoms with Gasteiger partial charge < -0.3 is 15.4 Å². The van der Waals surface area contributed by atoms with Crippen LogP contribution in [0.25, 0.3) is 5.65 Å². The van der Waals surface area contributed by atoms with E-state index in [0.29, 0.717) is 28.6 Å². The van der Waals surface area contributed by atoms with Gasteiger partial charge in [0.1, 0.15) is 0 Å². The fraction of sp³-hybridized carbons (Fsp3) is 0.375. The minimum Gasteiger partial charge on any atom is -0.463 e. The summed E-state index contributed by atoms with van der Waals surface area (Å²) < 4.78 is 7.01. The molecule has 0 aliphatic carbocycles. The van der Waals surface area contributed by atoms with Gasteiger partial charge in [-0.15, -0.1) is 10.2 Å². The number of nitrogens with one attached hydrogen (secondary N) is 2. The topological polar surface area (TPSA) is 97.6 Å². The largest absolute Gasteiger partial charge is 0.463 e. The number of ether oxygens (including phenoxy) is 1. The number of hydrogen-bond acceptors (Lipinski definition) is 6. The number of thioether (sulfide) groups is 1. The molecule has 0 saturated heterocycles. The summed E-state index contributed by atoms with van der Waals surface area (Å²) in [5.41, 5.74) is 1.75. The van der Waals surface area contributed by atoms with E-state index in [1.54, 1.807) is 6.92 Å². The van der Waals surface area contributed by atoms with E-state index in [9.17, 15) is 9.59 Å². The highest BCUT2D eigenvalue weighted by Crippen LogP contribution is 2.24. The number of rotatable bonds is 6. The highest BCUT2D eigenvalue weighted by Gasteiger charge is 2.31. The summed E-state index contributed by atoms with van der Waals surface area (Å²) in [6.07, 6.45) is 2.47. The first-order chi connectivity index (χ1) is 12.1. The zero-order chi connectivity index (χ0) is 17.8. The minimum absolute atomic E-state index is 0.280. The molecular weight excluding hydrogens is 342 g/mol. The molecule has 1 atom stereocenters. The molecule has 2 aromatic rings. The van der Waals surface area contributed by atoms with E-state index >= 15 is 0 Å². The number of aromatic nitrogens is 3. The maximum Gasteiger partial charge on any atom is 0.337 e. The zero-order valence-electron chi connectivity index (χ0n) is 14.0. The van der Waals surface area contributed by atoms with Crippen LogP contribution < -0.4 is 10.6 Å². The lowest BCUT2D eigenvalue weighted by atomic mass is 10.0. The number of urea groups is 1. The van der Waals surface area contributed by atoms with Crippen molar-refractivity contribution in [1.82, 2.24) is 25.2 Å². The van der Waals surface area contributed by atoms with Crippen LogP contribution in [-0.4, -0.2) is 45.0 Å². The van der Waals surface area contributed by atoms with Crippen molar-refractivity contribution in [2.24, 2.45) is 0 Å². The molecule has 3 heterocycles. The SMILES string of the molecule is CCOC(=O)C1=C(CSc2nnc3ccccn23)NC(=O)N[C@@H]1CC. The predicted molar refractivity (Wildman–Crippen MR) is 93.1 cm³/mol. The summed E-state index contributed by atoms with van der Waals surface area (Å²) >= 11 is 1.40. The van der Waals surface area contributed by atoms with Crippen LogP contribution in [0.4, 0.5) is 4.79 Å². The zero-order valence-corrected chi connectivity index (χ0v) is 14.8. The highest BCUT2D eigenvalue weighted by atomic mass is 32.2. The Labute approximate surface area is 149 Å². The third kappa shape index (κ3) is 3.60. The highest BCUT2D eigenvalue weighted by molar-refractivity contribution is 7.99. The summed E-state index contributed by atoms with van der Waals surface area (Å²) in [4.78, 5) is 24.2. The average molecular weight is 361 g/mol. The van der Waals surface area contributed by atoms with Gasteiger partial charge in [0.2, 0.25) is 0 Å². The van der Waals surface area contributed by atoms with Gasteiger partial charge >= 0.3 is 12.0 Å². The van der Waals surface area contributed by atoms with E-state index in [4.69, 9.17) is 4.74 Å². The third-order valence-corrected chi connectivity index (χ3v) is 4.74. The number of carbonyl (C=O) groups is 2. The monoisotopic (exact) mass is 361 g/mol. The number of esters is 1. The number of carbonyl (C=O) groups excluding carboxylic acids is 2. The van der Waals surface area contributed by atoms with Crippen LogP contribution in [0.5, 0.6) is 0 Å². The first kappa shape index (κ1) is 17.3. The second-order valence-electron chi connectivity index (χ2n) is 5.37. The number of fused-ring (bicyclic) bond motifs is 1. The summed E-state index contributed by atoms with van der Waals surface area (Å²) in [5.74, 6) is -0.0307. The summed E-state index contributed by atoms with van der Waals surface area (Å²) in [5, 5.41) is 14.4. The Morgan fingerprint density at radius 3 is 2.96 bits per heavy atom. The molecule has 25 heavy (non-hydrogen) atoms. The molecule has 132 valence electrons. The Morgan fingerprint density at radius 2 is 2.20 bits per heavy atom. The van der Waals surface area contributed by atoms with Crippen molar-refractivity contribution in [3.05, 3.63) is 35.7 Å². The molecule has 0 radical (unpaired) electrons. The minimum atomic E-state index is -0.413. The Morgan fingerprint density at radius 1 is 1.36 bits per heavy atom. The molecule has 8 nitrogen and oxygen atoms in total. The average Bonchev–Trinajstić information content (AvgIpc) is 3.02. The molecule has 0 aromatic carbocycles. The van der Waals surface area contributed by atoms with Crippen molar-refractivity contribution >= 4 is 29.4 Å². The molecule has 0 spiro atoms. The first-order valence-electron chi connectivity index (χ1n) is 8.04. The normalized spacial score (nSPS) is 17.4. The van der Waals surface area contributed by atoms with Gasteiger partial charge in [-0.25, -0.2) is 9.59 Å². The van der Waals surface area contributed by atoms with Gasteiger partial charge in [-0.05, 0) is 25.5 Å². The van der Waals surface area contributed by atoms with Crippen molar-refractivity contribution in [3.8, 4) is 0 Å². The van der Waals surface area contributed by atoms with Crippen LogP contribution in [-0.2, 0) is 9.53 Å². The van der Waals surface area contributed by atoms with Gasteiger partial charge in [0.25, 0.3) is 0 Å². The van der Waals surface area contributed by atoms with E-state index < -0.39 is 5.97 Å². The summed E-state index contributed by atoms with van der Waals surface area (Å²) in [6.45, 7) is 3.94. The second kappa shape index (κ2) is 7.56. The number of pyridine rings is 1. The van der Waals surface area contributed by atoms with Crippen LogP contribution in [0.1, 0.15) is 20.3 Å². The maximum absolute atomic E-state index is 12.3. The van der Waals surface area contributed by atoms with Gasteiger partial charge in [-0.2, -0.15) is 0 Å². The molecule has 0 bridgehead atoms. The van der Waals surface area contributed by atoms with Crippen molar-refractivity contribution < 1.29 is 14.3 Å². The number of amides is 2. The Kier molecular flexibility index (Phi) is 5.22. The maximum atomic E-state index is 12.3. The lowest BCUT2D eigenvalue weighted by Gasteiger charge is -2.28. The van der Waals surface area contributed by atoms with Gasteiger partial charge in [0, 0.05) is 17.6 Å². The van der Waals surface area contributed by atoms with Crippen LogP contribution in [0.3, 0.4) is 0 Å². The molecule has 0 fully saturated rings. The quantitative estimate of drug-likeness (QED) is 0.601. The molecule has 3 rings (SSSR count). The molecule has 2 aromatic heterocycles. The molecule has 0 unspecified atom stereocenters. The van der Waals surface area contributed by atoms with Crippen LogP contribution >= 0.6 is 11.8 Å². The molecule has 1 aliphatic heterocycles. The number of nitrogens with zero attached hydrogens (tertiary/aromatic N) is 3. The van der Waals surface area contributed by atoms with Crippen LogP contribution in [0.2, 0.25) is 0 Å². The van der Waals surface area contributed by atoms with Gasteiger partial charge in [0.15, 0.2) is 10.8 Å². The molecule has 0 saturated carbocycles. The van der Waals surface area contributed by atoms with Gasteiger partial charge in [-0.1, -0.05) is 24.8 Å².